The van der Waals surface area contributed by atoms with Crippen LogP contribution in [0.4, 0.5) is 0 Å². The number of rotatable bonds is 5. The molecule has 2 rings (SSSR count). The number of aliphatic hydroxyl groups is 1. The van der Waals surface area contributed by atoms with Gasteiger partial charge in [0.25, 0.3) is 5.91 Å². The van der Waals surface area contributed by atoms with Gasteiger partial charge < -0.3 is 14.7 Å². The first-order chi connectivity index (χ1) is 8.61. The van der Waals surface area contributed by atoms with Crippen molar-refractivity contribution >= 4 is 21.8 Å². The van der Waals surface area contributed by atoms with Crippen molar-refractivity contribution < 1.29 is 14.6 Å². The quantitative estimate of drug-likeness (QED) is 0.904. The van der Waals surface area contributed by atoms with Crippen LogP contribution in [0.2, 0.25) is 0 Å². The van der Waals surface area contributed by atoms with Crippen LogP contribution in [-0.4, -0.2) is 35.6 Å². The van der Waals surface area contributed by atoms with Gasteiger partial charge in [0.2, 0.25) is 0 Å². The van der Waals surface area contributed by atoms with E-state index in [0.29, 0.717) is 17.4 Å². The number of carbonyl (C=O) groups is 1. The van der Waals surface area contributed by atoms with E-state index in [-0.39, 0.29) is 19.1 Å². The van der Waals surface area contributed by atoms with Gasteiger partial charge in [0.1, 0.15) is 5.75 Å². The van der Waals surface area contributed by atoms with Crippen LogP contribution < -0.4 is 4.74 Å². The predicted octanol–water partition coefficient (Wildman–Crippen LogP) is 1.94. The van der Waals surface area contributed by atoms with Gasteiger partial charge in [-0.05, 0) is 31.0 Å². The van der Waals surface area contributed by atoms with E-state index in [1.165, 1.54) is 0 Å². The maximum absolute atomic E-state index is 11.8. The molecule has 98 valence electrons. The van der Waals surface area contributed by atoms with Crippen LogP contribution in [0.3, 0.4) is 0 Å². The van der Waals surface area contributed by atoms with Crippen molar-refractivity contribution in [2.45, 2.75) is 25.5 Å². The average molecular weight is 314 g/mol. The van der Waals surface area contributed by atoms with E-state index in [1.54, 1.807) is 24.1 Å². The lowest BCUT2D eigenvalue weighted by atomic mass is 10.2. The molecule has 0 aliphatic heterocycles. The molecule has 0 spiro atoms. The molecule has 1 aliphatic carbocycles. The van der Waals surface area contributed by atoms with E-state index in [4.69, 9.17) is 4.74 Å². The molecule has 1 aromatic carbocycles. The van der Waals surface area contributed by atoms with Crippen molar-refractivity contribution in [2.24, 2.45) is 0 Å². The number of nitrogens with zero attached hydrogens (tertiary/aromatic N) is 1. The Morgan fingerprint density at radius 3 is 2.89 bits per heavy atom. The van der Waals surface area contributed by atoms with Gasteiger partial charge in [-0.1, -0.05) is 15.9 Å². The molecule has 0 heterocycles. The Hall–Kier alpha value is -1.07. The molecule has 1 N–H and O–H groups in total. The maximum atomic E-state index is 11.8. The first kappa shape index (κ1) is 13.4. The molecule has 0 aromatic heterocycles. The molecular weight excluding hydrogens is 298 g/mol. The Morgan fingerprint density at radius 1 is 1.56 bits per heavy atom. The second-order valence-corrected chi connectivity index (χ2v) is 5.35. The van der Waals surface area contributed by atoms with Crippen molar-refractivity contribution in [2.75, 3.05) is 13.7 Å². The van der Waals surface area contributed by atoms with Crippen molar-refractivity contribution in [3.63, 3.8) is 0 Å². The summed E-state index contributed by atoms with van der Waals surface area (Å²) in [6.07, 6.45) is 2.17. The summed E-state index contributed by atoms with van der Waals surface area (Å²) in [5.74, 6) is 0.530. The zero-order valence-corrected chi connectivity index (χ0v) is 11.8. The lowest BCUT2D eigenvalue weighted by Gasteiger charge is -2.17. The molecule has 1 fully saturated rings. The minimum Gasteiger partial charge on any atom is -0.483 e. The molecule has 0 radical (unpaired) electrons. The summed E-state index contributed by atoms with van der Waals surface area (Å²) in [5.41, 5.74) is 0.672. The van der Waals surface area contributed by atoms with Gasteiger partial charge in [-0.2, -0.15) is 0 Å². The topological polar surface area (TPSA) is 49.8 Å². The normalized spacial score (nSPS) is 14.4. The van der Waals surface area contributed by atoms with Gasteiger partial charge in [0.05, 0.1) is 6.61 Å². The molecule has 4 nitrogen and oxygen atoms in total. The Labute approximate surface area is 115 Å². The number of aliphatic hydroxyl groups excluding tert-OH is 1. The van der Waals surface area contributed by atoms with Gasteiger partial charge in [0, 0.05) is 23.1 Å². The fourth-order valence-electron chi connectivity index (χ4n) is 1.72. The summed E-state index contributed by atoms with van der Waals surface area (Å²) in [4.78, 5) is 13.5. The van der Waals surface area contributed by atoms with Crippen molar-refractivity contribution in [3.05, 3.63) is 28.2 Å². The summed E-state index contributed by atoms with van der Waals surface area (Å²) in [5, 5.41) is 9.22. The second-order valence-electron chi connectivity index (χ2n) is 4.43. The highest BCUT2D eigenvalue weighted by Gasteiger charge is 2.29. The molecule has 1 amide bonds. The lowest BCUT2D eigenvalue weighted by molar-refractivity contribution is -0.132. The number of hydrogen-bond donors (Lipinski definition) is 1. The molecule has 1 aliphatic rings. The van der Waals surface area contributed by atoms with Crippen LogP contribution >= 0.6 is 15.9 Å². The summed E-state index contributed by atoms with van der Waals surface area (Å²) in [6.45, 7) is -0.0942. The zero-order valence-electron chi connectivity index (χ0n) is 10.2. The van der Waals surface area contributed by atoms with E-state index >= 15 is 0 Å². The minimum atomic E-state index is -0.110. The van der Waals surface area contributed by atoms with Crippen molar-refractivity contribution in [1.29, 1.82) is 0 Å². The average Bonchev–Trinajstić information content (AvgIpc) is 3.20. The van der Waals surface area contributed by atoms with E-state index < -0.39 is 0 Å². The Kier molecular flexibility index (Phi) is 4.24. The number of amides is 1. The summed E-state index contributed by atoms with van der Waals surface area (Å²) in [7, 11) is 1.80. The van der Waals surface area contributed by atoms with Crippen LogP contribution in [0.25, 0.3) is 0 Å². The monoisotopic (exact) mass is 313 g/mol. The smallest absolute Gasteiger partial charge is 0.260 e. The highest BCUT2D eigenvalue weighted by atomic mass is 79.9. The van der Waals surface area contributed by atoms with E-state index in [0.717, 1.165) is 17.3 Å². The number of likely N-dealkylation sites (N-methyl/N-ethyl adjacent to an activating group) is 1. The van der Waals surface area contributed by atoms with E-state index in [9.17, 15) is 9.90 Å². The van der Waals surface area contributed by atoms with Crippen molar-refractivity contribution in [3.8, 4) is 5.75 Å². The first-order valence-electron chi connectivity index (χ1n) is 5.89. The van der Waals surface area contributed by atoms with Gasteiger partial charge in [0.15, 0.2) is 6.61 Å². The Bertz CT molecular complexity index is 446. The molecule has 0 atom stereocenters. The van der Waals surface area contributed by atoms with Gasteiger partial charge in [-0.15, -0.1) is 0 Å². The second kappa shape index (κ2) is 5.71. The third-order valence-electron chi connectivity index (χ3n) is 3.03. The number of hydrogen-bond acceptors (Lipinski definition) is 3. The maximum Gasteiger partial charge on any atom is 0.260 e. The third-order valence-corrected chi connectivity index (χ3v) is 3.53. The molecule has 1 saturated carbocycles. The predicted molar refractivity (Wildman–Crippen MR) is 71.4 cm³/mol. The molecule has 1 aromatic rings. The fourth-order valence-corrected chi connectivity index (χ4v) is 2.13. The largest absolute Gasteiger partial charge is 0.483 e. The number of benzene rings is 1. The van der Waals surface area contributed by atoms with Crippen LogP contribution in [-0.2, 0) is 11.4 Å². The standard InChI is InChI=1S/C13H16BrNO3/c1-15(11-3-4-11)13(17)8-18-12-5-2-10(14)6-9(12)7-16/h2,5-6,11,16H,3-4,7-8H2,1H3. The summed E-state index contributed by atoms with van der Waals surface area (Å²) in [6, 6.07) is 5.75. The number of halogens is 1. The first-order valence-corrected chi connectivity index (χ1v) is 6.69. The summed E-state index contributed by atoms with van der Waals surface area (Å²) < 4.78 is 6.35. The SMILES string of the molecule is CN(C(=O)COc1ccc(Br)cc1CO)C1CC1. The fraction of sp³-hybridized carbons (Fsp3) is 0.462. The van der Waals surface area contributed by atoms with Crippen LogP contribution in [0, 0.1) is 0 Å². The molecule has 5 heteroatoms. The highest BCUT2D eigenvalue weighted by Crippen LogP contribution is 2.26. The van der Waals surface area contributed by atoms with Gasteiger partial charge in [-0.3, -0.25) is 4.79 Å². The third kappa shape index (κ3) is 3.23. The van der Waals surface area contributed by atoms with Crippen LogP contribution in [0.15, 0.2) is 22.7 Å². The van der Waals surface area contributed by atoms with Crippen LogP contribution in [0.5, 0.6) is 5.75 Å². The Balaban J connectivity index is 1.94. The van der Waals surface area contributed by atoms with Crippen LogP contribution in [0.1, 0.15) is 18.4 Å². The minimum absolute atomic E-state index is 0.0155. The molecule has 0 saturated heterocycles. The van der Waals surface area contributed by atoms with Crippen molar-refractivity contribution in [1.82, 2.24) is 4.90 Å². The molecule has 0 bridgehead atoms. The Morgan fingerprint density at radius 2 is 2.28 bits per heavy atom. The van der Waals surface area contributed by atoms with Gasteiger partial charge >= 0.3 is 0 Å². The number of ether oxygens (including phenoxy) is 1. The molecule has 18 heavy (non-hydrogen) atoms. The van der Waals surface area contributed by atoms with E-state index in [2.05, 4.69) is 15.9 Å². The molecular formula is C13H16BrNO3. The zero-order chi connectivity index (χ0) is 13.1. The number of carbonyl (C=O) groups excluding carboxylic acids is 1. The van der Waals surface area contributed by atoms with Gasteiger partial charge in [-0.25, -0.2) is 0 Å². The summed E-state index contributed by atoms with van der Waals surface area (Å²) >= 11 is 3.33. The lowest BCUT2D eigenvalue weighted by Crippen LogP contribution is -2.33. The van der Waals surface area contributed by atoms with E-state index in [1.807, 2.05) is 6.07 Å². The highest BCUT2D eigenvalue weighted by molar-refractivity contribution is 9.10. The molecule has 0 unspecified atom stereocenters.